The predicted molar refractivity (Wildman–Crippen MR) is 103 cm³/mol. The number of nitrogens with zero attached hydrogens (tertiary/aromatic N) is 2. The standard InChI is InChI=1S/C21H20FN3O4/c22-18-7-6-14(25-9-8-23-21(25)29)10-15(18)19(26)24-11-16(17(12-24)20(27)28)13-4-2-1-3-5-13/h1-7,10,16-17H,8-9,11-12H2,(H,23,29)(H,27,28)/t16-,17-/m1/s1. The van der Waals surface area contributed by atoms with Gasteiger partial charge >= 0.3 is 12.0 Å². The zero-order valence-corrected chi connectivity index (χ0v) is 15.5. The van der Waals surface area contributed by atoms with Gasteiger partial charge in [0.2, 0.25) is 0 Å². The van der Waals surface area contributed by atoms with E-state index in [2.05, 4.69) is 5.32 Å². The Morgan fingerprint density at radius 3 is 2.52 bits per heavy atom. The first kappa shape index (κ1) is 18.9. The monoisotopic (exact) mass is 397 g/mol. The molecule has 0 unspecified atom stereocenters. The number of hydrogen-bond acceptors (Lipinski definition) is 3. The van der Waals surface area contributed by atoms with Crippen LogP contribution >= 0.6 is 0 Å². The number of carbonyl (C=O) groups is 3. The number of anilines is 1. The van der Waals surface area contributed by atoms with Crippen molar-refractivity contribution in [2.24, 2.45) is 5.92 Å². The van der Waals surface area contributed by atoms with Crippen LogP contribution < -0.4 is 10.2 Å². The molecular formula is C21H20FN3O4. The molecule has 29 heavy (non-hydrogen) atoms. The van der Waals surface area contributed by atoms with Gasteiger partial charge in [-0.05, 0) is 23.8 Å². The Morgan fingerprint density at radius 1 is 1.10 bits per heavy atom. The number of urea groups is 1. The van der Waals surface area contributed by atoms with E-state index in [-0.39, 0.29) is 30.6 Å². The first-order valence-electron chi connectivity index (χ1n) is 9.37. The molecule has 2 N–H and O–H groups in total. The quantitative estimate of drug-likeness (QED) is 0.828. The van der Waals surface area contributed by atoms with E-state index in [0.717, 1.165) is 11.6 Å². The Hall–Kier alpha value is -3.42. The molecule has 0 spiro atoms. The van der Waals surface area contributed by atoms with Gasteiger partial charge in [-0.2, -0.15) is 0 Å². The van der Waals surface area contributed by atoms with Gasteiger partial charge in [-0.15, -0.1) is 0 Å². The number of benzene rings is 2. The molecule has 0 saturated carbocycles. The van der Waals surface area contributed by atoms with E-state index < -0.39 is 23.6 Å². The summed E-state index contributed by atoms with van der Waals surface area (Å²) in [6.45, 7) is 1.10. The maximum Gasteiger partial charge on any atom is 0.321 e. The van der Waals surface area contributed by atoms with E-state index in [0.29, 0.717) is 18.8 Å². The average molecular weight is 397 g/mol. The van der Waals surface area contributed by atoms with Crippen LogP contribution in [0, 0.1) is 11.7 Å². The fourth-order valence-corrected chi connectivity index (χ4v) is 3.99. The van der Waals surface area contributed by atoms with Gasteiger partial charge in [-0.25, -0.2) is 9.18 Å². The van der Waals surface area contributed by atoms with Crippen LogP contribution in [0.4, 0.5) is 14.9 Å². The first-order valence-corrected chi connectivity index (χ1v) is 9.37. The van der Waals surface area contributed by atoms with E-state index >= 15 is 0 Å². The van der Waals surface area contributed by atoms with Crippen LogP contribution in [0.25, 0.3) is 0 Å². The van der Waals surface area contributed by atoms with Gasteiger partial charge in [-0.1, -0.05) is 30.3 Å². The van der Waals surface area contributed by atoms with Crippen molar-refractivity contribution >= 4 is 23.6 Å². The molecule has 2 aromatic rings. The highest BCUT2D eigenvalue weighted by Crippen LogP contribution is 2.34. The summed E-state index contributed by atoms with van der Waals surface area (Å²) >= 11 is 0. The Labute approximate surface area is 166 Å². The van der Waals surface area contributed by atoms with Crippen LogP contribution in [0.15, 0.2) is 48.5 Å². The number of halogens is 1. The van der Waals surface area contributed by atoms with Crippen LogP contribution in [-0.2, 0) is 4.79 Å². The number of carboxylic acids is 1. The number of rotatable bonds is 4. The summed E-state index contributed by atoms with van der Waals surface area (Å²) in [6, 6.07) is 12.8. The van der Waals surface area contributed by atoms with Crippen LogP contribution in [0.3, 0.4) is 0 Å². The fraction of sp³-hybridized carbons (Fsp3) is 0.286. The molecule has 2 heterocycles. The largest absolute Gasteiger partial charge is 0.481 e. The van der Waals surface area contributed by atoms with Crippen molar-refractivity contribution in [3.05, 3.63) is 65.5 Å². The van der Waals surface area contributed by atoms with E-state index in [4.69, 9.17) is 0 Å². The van der Waals surface area contributed by atoms with Gasteiger partial charge in [0.05, 0.1) is 11.5 Å². The van der Waals surface area contributed by atoms with Crippen molar-refractivity contribution in [1.82, 2.24) is 10.2 Å². The number of aliphatic carboxylic acids is 1. The molecule has 2 aromatic carbocycles. The summed E-state index contributed by atoms with van der Waals surface area (Å²) in [5.41, 5.74) is 1.09. The second-order valence-corrected chi connectivity index (χ2v) is 7.22. The average Bonchev–Trinajstić information content (AvgIpc) is 3.35. The number of carboxylic acid groups (broad SMARTS) is 1. The summed E-state index contributed by atoms with van der Waals surface area (Å²) < 4.78 is 14.5. The van der Waals surface area contributed by atoms with Crippen molar-refractivity contribution in [2.45, 2.75) is 5.92 Å². The van der Waals surface area contributed by atoms with E-state index in [1.54, 1.807) is 0 Å². The summed E-state index contributed by atoms with van der Waals surface area (Å²) in [7, 11) is 0. The molecule has 0 aromatic heterocycles. The van der Waals surface area contributed by atoms with Crippen molar-refractivity contribution in [2.75, 3.05) is 31.1 Å². The molecule has 7 nitrogen and oxygen atoms in total. The van der Waals surface area contributed by atoms with Gasteiger partial charge in [-0.3, -0.25) is 14.5 Å². The molecule has 0 bridgehead atoms. The minimum Gasteiger partial charge on any atom is -0.481 e. The van der Waals surface area contributed by atoms with Crippen LogP contribution in [0.1, 0.15) is 21.8 Å². The van der Waals surface area contributed by atoms with Crippen LogP contribution in [-0.4, -0.2) is 54.1 Å². The summed E-state index contributed by atoms with van der Waals surface area (Å²) in [5, 5.41) is 12.3. The van der Waals surface area contributed by atoms with Crippen LogP contribution in [0.5, 0.6) is 0 Å². The lowest BCUT2D eigenvalue weighted by molar-refractivity contribution is -0.141. The zero-order chi connectivity index (χ0) is 20.5. The van der Waals surface area contributed by atoms with E-state index in [1.165, 1.54) is 21.9 Å². The van der Waals surface area contributed by atoms with Gasteiger partial charge in [0.15, 0.2) is 0 Å². The molecule has 8 heteroatoms. The molecule has 0 radical (unpaired) electrons. The molecule has 2 saturated heterocycles. The Balaban J connectivity index is 1.61. The van der Waals surface area contributed by atoms with Crippen molar-refractivity contribution in [3.8, 4) is 0 Å². The molecule has 4 rings (SSSR count). The summed E-state index contributed by atoms with van der Waals surface area (Å²) in [4.78, 5) is 39.5. The molecule has 2 fully saturated rings. The van der Waals surface area contributed by atoms with Crippen LogP contribution in [0.2, 0.25) is 0 Å². The van der Waals surface area contributed by atoms with Crippen molar-refractivity contribution in [1.29, 1.82) is 0 Å². The SMILES string of the molecule is O=C(O)[C@@H]1CN(C(=O)c2cc(N3CCNC3=O)ccc2F)C[C@@H]1c1ccccc1. The van der Waals surface area contributed by atoms with Gasteiger partial charge in [0.25, 0.3) is 5.91 Å². The third-order valence-corrected chi connectivity index (χ3v) is 5.50. The van der Waals surface area contributed by atoms with Gasteiger partial charge in [0, 0.05) is 37.8 Å². The van der Waals surface area contributed by atoms with Crippen molar-refractivity contribution < 1.29 is 23.9 Å². The molecule has 3 amide bonds. The highest BCUT2D eigenvalue weighted by atomic mass is 19.1. The van der Waals surface area contributed by atoms with E-state index in [1.807, 2.05) is 30.3 Å². The lowest BCUT2D eigenvalue weighted by Gasteiger charge is -2.19. The van der Waals surface area contributed by atoms with Crippen molar-refractivity contribution in [3.63, 3.8) is 0 Å². The highest BCUT2D eigenvalue weighted by Gasteiger charge is 2.41. The number of carbonyl (C=O) groups excluding carboxylic acids is 2. The third kappa shape index (κ3) is 3.53. The molecule has 2 aliphatic heterocycles. The summed E-state index contributed by atoms with van der Waals surface area (Å²) in [6.07, 6.45) is 0. The second kappa shape index (κ2) is 7.54. The molecular weight excluding hydrogens is 377 g/mol. The Morgan fingerprint density at radius 2 is 1.86 bits per heavy atom. The summed E-state index contributed by atoms with van der Waals surface area (Å²) in [5.74, 6) is -3.40. The number of hydrogen-bond donors (Lipinski definition) is 2. The van der Waals surface area contributed by atoms with Gasteiger partial charge < -0.3 is 15.3 Å². The predicted octanol–water partition coefficient (Wildman–Crippen LogP) is 2.30. The fourth-order valence-electron chi connectivity index (χ4n) is 3.99. The maximum absolute atomic E-state index is 14.5. The second-order valence-electron chi connectivity index (χ2n) is 7.22. The molecule has 0 aliphatic carbocycles. The topological polar surface area (TPSA) is 89.9 Å². The zero-order valence-electron chi connectivity index (χ0n) is 15.5. The van der Waals surface area contributed by atoms with E-state index in [9.17, 15) is 23.9 Å². The lowest BCUT2D eigenvalue weighted by Crippen LogP contribution is -2.31. The first-order chi connectivity index (χ1) is 14.0. The number of nitrogens with one attached hydrogen (secondary N) is 1. The number of amides is 3. The smallest absolute Gasteiger partial charge is 0.321 e. The number of likely N-dealkylation sites (tertiary alicyclic amines) is 1. The minimum atomic E-state index is -0.989. The third-order valence-electron chi connectivity index (χ3n) is 5.50. The lowest BCUT2D eigenvalue weighted by atomic mass is 9.89. The normalized spacial score (nSPS) is 21.3. The highest BCUT2D eigenvalue weighted by molar-refractivity contribution is 5.99. The minimum absolute atomic E-state index is 0.00158. The van der Waals surface area contributed by atoms with Gasteiger partial charge in [0.1, 0.15) is 5.82 Å². The molecule has 2 aliphatic rings. The Kier molecular flexibility index (Phi) is 4.92. The Bertz CT molecular complexity index is 966. The molecule has 2 atom stereocenters. The molecule has 150 valence electrons. The maximum atomic E-state index is 14.5.